The van der Waals surface area contributed by atoms with Gasteiger partial charge in [-0.1, -0.05) is 56.8 Å². The van der Waals surface area contributed by atoms with Crippen LogP contribution < -0.4 is 10.6 Å². The van der Waals surface area contributed by atoms with Gasteiger partial charge in [0, 0.05) is 34.3 Å². The summed E-state index contributed by atoms with van der Waals surface area (Å²) in [5.41, 5.74) is -0.131. The van der Waals surface area contributed by atoms with Crippen molar-refractivity contribution < 1.29 is 74.9 Å². The Morgan fingerprint density at radius 3 is 1.58 bits per heavy atom. The minimum absolute atomic E-state index is 0.00735. The van der Waals surface area contributed by atoms with E-state index >= 15 is 0 Å². The highest BCUT2D eigenvalue weighted by Crippen LogP contribution is 2.46. The van der Waals surface area contributed by atoms with Crippen molar-refractivity contribution in [3.63, 3.8) is 0 Å². The molecule has 0 spiro atoms. The van der Waals surface area contributed by atoms with Crippen LogP contribution in [0.1, 0.15) is 54.0 Å². The van der Waals surface area contributed by atoms with Crippen molar-refractivity contribution in [3.8, 4) is 33.9 Å². The van der Waals surface area contributed by atoms with E-state index in [1.54, 1.807) is 19.9 Å². The molecule has 4 aromatic heterocycles. The molecule has 11 atom stereocenters. The zero-order chi connectivity index (χ0) is 62.4. The number of aryl methyl sites for hydroxylation is 2. The highest BCUT2D eigenvalue weighted by Gasteiger charge is 2.56. The fourth-order valence-corrected chi connectivity index (χ4v) is 11.3. The average molecular weight is 1310 g/mol. The van der Waals surface area contributed by atoms with E-state index in [1.807, 2.05) is 0 Å². The van der Waals surface area contributed by atoms with Crippen LogP contribution in [0.25, 0.3) is 33.9 Å². The Morgan fingerprint density at radius 1 is 0.648 bits per heavy atom. The third-order valence-corrected chi connectivity index (χ3v) is 15.7. The molecule has 11 unspecified atom stereocenters. The Bertz CT molecular complexity index is 3880. The van der Waals surface area contributed by atoms with Crippen LogP contribution in [0.4, 0.5) is 26.3 Å². The number of carbonyl (C=O) groups is 2. The average Bonchev–Trinajstić information content (AvgIpc) is 1.55. The molecule has 3 aliphatic heterocycles. The van der Waals surface area contributed by atoms with Gasteiger partial charge in [-0.25, -0.2) is 55.0 Å². The molecule has 3 fully saturated rings. The van der Waals surface area contributed by atoms with Crippen LogP contribution in [-0.4, -0.2) is 169 Å². The number of benzene rings is 4. The monoisotopic (exact) mass is 1310 g/mol. The standard InChI is InChI=1S/C54H48Cl4F6N14O10/c1-22-67-53(77(71-22)36-14-26(55)4-6-28(36)57)51-48(44(46(83)39(18-79)87-51)75-16-34(69-73-75)24-10-30(59)42(63)31(60)11-24)85-20-40(81)65-8-3-9-66-41(82)21-86-50-45(76-17-35(70-74-76)25-12-32(61)43(64)33(62)13-25)49-47(38(80)19-84-49)88-52(50)54-68-23(2)72-78(54)37-15-27(56)5-7-29(37)58/h4-7,10-17,38-39,44-52,79-80,83H,3,8-9,18-21H2,1-2H3,(H,65,81)(H,66,82). The van der Waals surface area contributed by atoms with E-state index < -0.39 is 134 Å². The summed E-state index contributed by atoms with van der Waals surface area (Å²) in [5.74, 6) is -10.2. The lowest BCUT2D eigenvalue weighted by atomic mass is 9.90. The van der Waals surface area contributed by atoms with E-state index in [9.17, 15) is 51.3 Å². The number of nitrogens with one attached hydrogen (secondary N) is 2. The Labute approximate surface area is 513 Å². The SMILES string of the molecule is Cc1nc(C2OC(CO)C(O)C(n3cc(-c4cc(F)c(F)c(F)c4)nn3)C2OCC(=O)NCCCNC(=O)COC2C(c3nc(C)nn3-c3cc(Cl)ccc3Cl)OC3C(O)COC3C2n2cc(-c3cc(F)c(F)c(F)c3)nn2)n(-c2cc(Cl)ccc2Cl)n1. The van der Waals surface area contributed by atoms with Gasteiger partial charge in [-0.05, 0) is 80.9 Å². The highest BCUT2D eigenvalue weighted by atomic mass is 35.5. The first-order chi connectivity index (χ1) is 42.1. The van der Waals surface area contributed by atoms with Crippen LogP contribution in [0, 0.1) is 48.8 Å². The zero-order valence-electron chi connectivity index (χ0n) is 45.6. The van der Waals surface area contributed by atoms with E-state index in [4.69, 9.17) is 70.1 Å². The first kappa shape index (κ1) is 62.4. The second kappa shape index (κ2) is 26.1. The predicted molar refractivity (Wildman–Crippen MR) is 295 cm³/mol. The van der Waals surface area contributed by atoms with Crippen LogP contribution >= 0.6 is 46.4 Å². The van der Waals surface area contributed by atoms with Gasteiger partial charge in [-0.3, -0.25) is 9.59 Å². The number of hydrogen-bond acceptors (Lipinski definition) is 18. The molecular weight excluding hydrogens is 1260 g/mol. The Kier molecular flexibility index (Phi) is 18.5. The van der Waals surface area contributed by atoms with Gasteiger partial charge in [0.2, 0.25) is 11.8 Å². The molecule has 5 N–H and O–H groups in total. The molecule has 0 aliphatic carbocycles. The zero-order valence-corrected chi connectivity index (χ0v) is 48.6. The summed E-state index contributed by atoms with van der Waals surface area (Å²) in [6.07, 6.45) is -9.30. The van der Waals surface area contributed by atoms with Crippen molar-refractivity contribution >= 4 is 58.2 Å². The summed E-state index contributed by atoms with van der Waals surface area (Å²) in [7, 11) is 0. The summed E-state index contributed by atoms with van der Waals surface area (Å²) >= 11 is 26.0. The van der Waals surface area contributed by atoms with Crippen molar-refractivity contribution in [1.82, 2.24) is 70.2 Å². The minimum atomic E-state index is -1.72. The molecule has 0 bridgehead atoms. The number of rotatable bonds is 19. The van der Waals surface area contributed by atoms with Gasteiger partial charge in [-0.15, -0.1) is 10.2 Å². The van der Waals surface area contributed by atoms with E-state index in [0.717, 1.165) is 16.8 Å². The molecule has 3 aliphatic rings. The Morgan fingerprint density at radius 2 is 1.10 bits per heavy atom. The first-order valence-corrected chi connectivity index (χ1v) is 28.2. The third kappa shape index (κ3) is 12.7. The smallest absolute Gasteiger partial charge is 0.246 e. The lowest BCUT2D eigenvalue weighted by molar-refractivity contribution is -0.223. The molecule has 464 valence electrons. The van der Waals surface area contributed by atoms with Crippen LogP contribution in [0.15, 0.2) is 73.1 Å². The quantitative estimate of drug-likeness (QED) is 0.0352. The summed E-state index contributed by atoms with van der Waals surface area (Å²) in [6.45, 7) is 0.677. The maximum absolute atomic E-state index is 14.5. The number of amides is 2. The van der Waals surface area contributed by atoms with Crippen molar-refractivity contribution in [2.45, 2.75) is 87.3 Å². The predicted octanol–water partition coefficient (Wildman–Crippen LogP) is 6.00. The van der Waals surface area contributed by atoms with Crippen LogP contribution in [0.2, 0.25) is 20.1 Å². The summed E-state index contributed by atoms with van der Waals surface area (Å²) in [4.78, 5) is 36.6. The van der Waals surface area contributed by atoms with Gasteiger partial charge < -0.3 is 49.6 Å². The number of ether oxygens (including phenoxy) is 5. The number of aromatic nitrogens is 12. The normalized spacial score (nSPS) is 23.6. The van der Waals surface area contributed by atoms with E-state index in [1.165, 1.54) is 56.8 Å². The molecule has 34 heteroatoms. The molecular formula is C54H48Cl4F6N14O10. The molecule has 2 amide bonds. The number of fused-ring (bicyclic) bond motifs is 1. The van der Waals surface area contributed by atoms with Crippen molar-refractivity contribution in [1.29, 1.82) is 0 Å². The molecule has 8 aromatic rings. The summed E-state index contributed by atoms with van der Waals surface area (Å²) in [5, 5.41) is 65.4. The molecule has 24 nitrogen and oxygen atoms in total. The van der Waals surface area contributed by atoms with E-state index in [-0.39, 0.29) is 103 Å². The second-order valence-electron chi connectivity index (χ2n) is 20.5. The lowest BCUT2D eigenvalue weighted by Crippen LogP contribution is -2.54. The molecule has 11 rings (SSSR count). The first-order valence-electron chi connectivity index (χ1n) is 26.7. The van der Waals surface area contributed by atoms with Crippen LogP contribution in [0.3, 0.4) is 0 Å². The van der Waals surface area contributed by atoms with Crippen LogP contribution in [0.5, 0.6) is 0 Å². The second-order valence-corrected chi connectivity index (χ2v) is 22.2. The van der Waals surface area contributed by atoms with Crippen molar-refractivity contribution in [3.05, 3.63) is 151 Å². The molecule has 0 saturated carbocycles. The lowest BCUT2D eigenvalue weighted by Gasteiger charge is -2.43. The summed E-state index contributed by atoms with van der Waals surface area (Å²) < 4.78 is 122. The number of nitrogens with zero attached hydrogens (tertiary/aromatic N) is 12. The number of hydrogen-bond donors (Lipinski definition) is 5. The third-order valence-electron chi connectivity index (χ3n) is 14.6. The van der Waals surface area contributed by atoms with Crippen molar-refractivity contribution in [2.24, 2.45) is 0 Å². The largest absolute Gasteiger partial charge is 0.394 e. The maximum Gasteiger partial charge on any atom is 0.246 e. The summed E-state index contributed by atoms with van der Waals surface area (Å²) in [6, 6.07) is 9.48. The van der Waals surface area contributed by atoms with Gasteiger partial charge in [0.1, 0.15) is 103 Å². The molecule has 0 radical (unpaired) electrons. The van der Waals surface area contributed by atoms with Gasteiger partial charge in [0.25, 0.3) is 0 Å². The van der Waals surface area contributed by atoms with Gasteiger partial charge in [0.05, 0.1) is 47.0 Å². The Hall–Kier alpha value is -7.20. The van der Waals surface area contributed by atoms with Gasteiger partial charge in [0.15, 0.2) is 46.6 Å². The fourth-order valence-electron chi connectivity index (χ4n) is 10.6. The molecule has 3 saturated heterocycles. The number of halogens is 10. The molecule has 4 aromatic carbocycles. The van der Waals surface area contributed by atoms with Gasteiger partial charge >= 0.3 is 0 Å². The fraction of sp³-hybridized carbons (Fsp3) is 0.370. The van der Waals surface area contributed by atoms with Gasteiger partial charge in [-0.2, -0.15) is 10.2 Å². The minimum Gasteiger partial charge on any atom is -0.394 e. The van der Waals surface area contributed by atoms with Crippen molar-refractivity contribution in [2.75, 3.05) is 39.5 Å². The Balaban J connectivity index is 0.801. The number of aliphatic hydroxyl groups excluding tert-OH is 3. The molecule has 7 heterocycles. The highest BCUT2D eigenvalue weighted by molar-refractivity contribution is 6.35. The maximum atomic E-state index is 14.5. The van der Waals surface area contributed by atoms with Crippen LogP contribution in [-0.2, 0) is 33.3 Å². The van der Waals surface area contributed by atoms with E-state index in [2.05, 4.69) is 51.4 Å². The van der Waals surface area contributed by atoms with E-state index in [0.29, 0.717) is 12.1 Å². The topological polar surface area (TPSA) is 288 Å². The number of carbonyl (C=O) groups excluding carboxylic acids is 2. The number of aliphatic hydroxyl groups is 3. The molecule has 88 heavy (non-hydrogen) atoms.